The maximum atomic E-state index is 12.7. The van der Waals surface area contributed by atoms with Crippen molar-refractivity contribution in [1.29, 1.82) is 0 Å². The Bertz CT molecular complexity index is 699. The molecule has 2 N–H and O–H groups in total. The lowest BCUT2D eigenvalue weighted by Crippen LogP contribution is -2.35. The maximum Gasteiger partial charge on any atom is 0.251 e. The van der Waals surface area contributed by atoms with Crippen molar-refractivity contribution >= 4 is 28.3 Å². The topological polar surface area (TPSA) is 78.5 Å². The molecule has 2 aliphatic rings. The van der Waals surface area contributed by atoms with E-state index >= 15 is 0 Å². The summed E-state index contributed by atoms with van der Waals surface area (Å²) in [5, 5.41) is 6.22. The number of nitrogens with one attached hydrogen (secondary N) is 2. The number of amides is 1. The largest absolute Gasteiger partial charge is 0.352 e. The minimum Gasteiger partial charge on any atom is -0.352 e. The van der Waals surface area contributed by atoms with Gasteiger partial charge in [-0.05, 0) is 62.9 Å². The molecule has 26 heavy (non-hydrogen) atoms. The van der Waals surface area contributed by atoms with Crippen LogP contribution < -0.4 is 10.6 Å². The molecule has 0 spiro atoms. The Morgan fingerprint density at radius 2 is 2.00 bits per heavy atom. The van der Waals surface area contributed by atoms with Crippen LogP contribution in [0, 0.1) is 5.92 Å². The number of hydrogen-bond donors (Lipinski definition) is 2. The van der Waals surface area contributed by atoms with Crippen molar-refractivity contribution in [3.8, 4) is 0 Å². The van der Waals surface area contributed by atoms with Crippen LogP contribution in [0.25, 0.3) is 0 Å². The molecule has 146 valence electrons. The number of carbonyl (C=O) groups is 1. The lowest BCUT2D eigenvalue weighted by Gasteiger charge is -2.26. The van der Waals surface area contributed by atoms with E-state index in [2.05, 4.69) is 10.6 Å². The van der Waals surface area contributed by atoms with Crippen molar-refractivity contribution in [1.82, 2.24) is 14.9 Å². The predicted octanol–water partition coefficient (Wildman–Crippen LogP) is 2.01. The molecule has 6 nitrogen and oxygen atoms in total. The molecule has 2 aliphatic heterocycles. The highest BCUT2D eigenvalue weighted by molar-refractivity contribution is 7.89. The summed E-state index contributed by atoms with van der Waals surface area (Å²) in [6.07, 6.45) is 4.97. The van der Waals surface area contributed by atoms with Gasteiger partial charge in [-0.25, -0.2) is 8.42 Å². The summed E-state index contributed by atoms with van der Waals surface area (Å²) in [5.74, 6) is 0.410. The van der Waals surface area contributed by atoms with Crippen LogP contribution in [-0.2, 0) is 10.0 Å². The molecule has 1 unspecified atom stereocenters. The van der Waals surface area contributed by atoms with Gasteiger partial charge in [0.15, 0.2) is 0 Å². The number of sulfonamides is 1. The van der Waals surface area contributed by atoms with E-state index < -0.39 is 10.0 Å². The smallest absolute Gasteiger partial charge is 0.251 e. The molecule has 0 aromatic heterocycles. The highest BCUT2D eigenvalue weighted by atomic mass is 35.5. The Balaban J connectivity index is 0.00000243. The van der Waals surface area contributed by atoms with Crippen LogP contribution in [0.3, 0.4) is 0 Å². The molecular formula is C18H28ClN3O3S. The van der Waals surface area contributed by atoms with Gasteiger partial charge in [-0.2, -0.15) is 4.31 Å². The number of rotatable bonds is 6. The van der Waals surface area contributed by atoms with E-state index in [0.29, 0.717) is 31.1 Å². The van der Waals surface area contributed by atoms with Crippen LogP contribution in [0.1, 0.15) is 42.5 Å². The second kappa shape index (κ2) is 9.69. The molecule has 8 heteroatoms. The van der Waals surface area contributed by atoms with Crippen LogP contribution in [0.5, 0.6) is 0 Å². The molecule has 1 aromatic carbocycles. The van der Waals surface area contributed by atoms with Gasteiger partial charge < -0.3 is 10.6 Å². The first-order valence-corrected chi connectivity index (χ1v) is 10.6. The van der Waals surface area contributed by atoms with E-state index in [1.165, 1.54) is 10.4 Å². The molecule has 0 bridgehead atoms. The zero-order chi connectivity index (χ0) is 17.7. The summed E-state index contributed by atoms with van der Waals surface area (Å²) in [6, 6.07) is 6.38. The minimum absolute atomic E-state index is 0. The van der Waals surface area contributed by atoms with E-state index in [9.17, 15) is 13.2 Å². The number of carbonyl (C=O) groups excluding carboxylic acids is 1. The number of nitrogens with zero attached hydrogens (tertiary/aromatic N) is 1. The Morgan fingerprint density at radius 1 is 1.23 bits per heavy atom. The Hall–Kier alpha value is -1.15. The Kier molecular flexibility index (Phi) is 7.88. The van der Waals surface area contributed by atoms with Gasteiger partial charge in [0, 0.05) is 25.2 Å². The minimum atomic E-state index is -3.51. The third-order valence-corrected chi connectivity index (χ3v) is 6.94. The maximum absolute atomic E-state index is 12.7. The predicted molar refractivity (Wildman–Crippen MR) is 104 cm³/mol. The van der Waals surface area contributed by atoms with Gasteiger partial charge >= 0.3 is 0 Å². The molecule has 2 heterocycles. The zero-order valence-electron chi connectivity index (χ0n) is 14.9. The van der Waals surface area contributed by atoms with Crippen LogP contribution in [0.4, 0.5) is 0 Å². The van der Waals surface area contributed by atoms with E-state index in [1.54, 1.807) is 18.2 Å². The Labute approximate surface area is 162 Å². The first-order chi connectivity index (χ1) is 12.1. The normalized spacial score (nSPS) is 21.2. The number of piperidine rings is 1. The molecule has 3 rings (SSSR count). The molecule has 0 aliphatic carbocycles. The van der Waals surface area contributed by atoms with Crippen molar-refractivity contribution in [3.05, 3.63) is 29.8 Å². The number of benzene rings is 1. The van der Waals surface area contributed by atoms with Crippen molar-refractivity contribution in [3.63, 3.8) is 0 Å². The third-order valence-electron chi connectivity index (χ3n) is 5.05. The SMILES string of the molecule is Cl.O=C(NCCC1CCNC1)c1cccc(S(=O)(=O)N2CCCCC2)c1. The van der Waals surface area contributed by atoms with Crippen LogP contribution >= 0.6 is 12.4 Å². The second-order valence-corrected chi connectivity index (χ2v) is 8.83. The number of hydrogen-bond acceptors (Lipinski definition) is 4. The van der Waals surface area contributed by atoms with Crippen LogP contribution in [0.15, 0.2) is 29.2 Å². The highest BCUT2D eigenvalue weighted by Crippen LogP contribution is 2.21. The first kappa shape index (κ1) is 21.2. The van der Waals surface area contributed by atoms with Crippen molar-refractivity contribution < 1.29 is 13.2 Å². The summed E-state index contributed by atoms with van der Waals surface area (Å²) >= 11 is 0. The fraction of sp³-hybridized carbons (Fsp3) is 0.611. The van der Waals surface area contributed by atoms with E-state index in [1.807, 2.05) is 0 Å². The van der Waals surface area contributed by atoms with Gasteiger partial charge in [0.25, 0.3) is 5.91 Å². The van der Waals surface area contributed by atoms with Crippen molar-refractivity contribution in [2.24, 2.45) is 5.92 Å². The molecule has 1 amide bonds. The molecule has 0 radical (unpaired) electrons. The van der Waals surface area contributed by atoms with E-state index in [-0.39, 0.29) is 23.2 Å². The molecule has 0 saturated carbocycles. The van der Waals surface area contributed by atoms with Crippen molar-refractivity contribution in [2.45, 2.75) is 37.0 Å². The summed E-state index contributed by atoms with van der Waals surface area (Å²) in [6.45, 7) is 3.81. The average Bonchev–Trinajstić information content (AvgIpc) is 3.16. The summed E-state index contributed by atoms with van der Waals surface area (Å²) in [5.41, 5.74) is 0.405. The van der Waals surface area contributed by atoms with Crippen LogP contribution in [0.2, 0.25) is 0 Å². The summed E-state index contributed by atoms with van der Waals surface area (Å²) in [7, 11) is -3.51. The second-order valence-electron chi connectivity index (χ2n) is 6.90. The molecule has 1 atom stereocenters. The van der Waals surface area contributed by atoms with Gasteiger partial charge in [0.2, 0.25) is 10.0 Å². The first-order valence-electron chi connectivity index (χ1n) is 9.16. The fourth-order valence-electron chi connectivity index (χ4n) is 3.50. The van der Waals surface area contributed by atoms with E-state index in [0.717, 1.165) is 45.2 Å². The molecule has 2 fully saturated rings. The quantitative estimate of drug-likeness (QED) is 0.764. The van der Waals surface area contributed by atoms with Gasteiger partial charge in [-0.15, -0.1) is 12.4 Å². The fourth-order valence-corrected chi connectivity index (χ4v) is 5.07. The standard InChI is InChI=1S/C18H27N3O3S.ClH/c22-18(20-10-8-15-7-9-19-14-15)16-5-4-6-17(13-16)25(23,24)21-11-2-1-3-12-21;/h4-6,13,15,19H,1-3,7-12,14H2,(H,20,22);1H. The summed E-state index contributed by atoms with van der Waals surface area (Å²) < 4.78 is 27.0. The van der Waals surface area contributed by atoms with E-state index in [4.69, 9.17) is 0 Å². The zero-order valence-corrected chi connectivity index (χ0v) is 16.6. The monoisotopic (exact) mass is 401 g/mol. The molecular weight excluding hydrogens is 374 g/mol. The third kappa shape index (κ3) is 5.19. The van der Waals surface area contributed by atoms with Gasteiger partial charge in [-0.3, -0.25) is 4.79 Å². The van der Waals surface area contributed by atoms with Gasteiger partial charge in [0.05, 0.1) is 4.90 Å². The summed E-state index contributed by atoms with van der Waals surface area (Å²) in [4.78, 5) is 12.5. The molecule has 2 saturated heterocycles. The van der Waals surface area contributed by atoms with Gasteiger partial charge in [0.1, 0.15) is 0 Å². The Morgan fingerprint density at radius 3 is 2.69 bits per heavy atom. The molecule has 1 aromatic rings. The van der Waals surface area contributed by atoms with Crippen molar-refractivity contribution in [2.75, 3.05) is 32.7 Å². The van der Waals surface area contributed by atoms with Gasteiger partial charge in [-0.1, -0.05) is 12.5 Å². The van der Waals surface area contributed by atoms with Crippen LogP contribution in [-0.4, -0.2) is 51.4 Å². The highest BCUT2D eigenvalue weighted by Gasteiger charge is 2.26. The number of halogens is 1. The lowest BCUT2D eigenvalue weighted by molar-refractivity contribution is 0.0951. The average molecular weight is 402 g/mol. The lowest BCUT2D eigenvalue weighted by atomic mass is 10.1.